The molecule has 0 aliphatic heterocycles. The standard InChI is InChI=1S/C19H21BrN4O2/c1-12-7-6-8-17(22-12)24-16-10-13(20)9-15(14(16)11-21-24)23(5)18(25)26-19(2,3)4/h6-11H,1-5H3. The van der Waals surface area contributed by atoms with E-state index in [1.165, 1.54) is 4.90 Å². The van der Waals surface area contributed by atoms with Gasteiger partial charge in [-0.3, -0.25) is 4.90 Å². The molecule has 2 aromatic heterocycles. The number of aryl methyl sites for hydroxylation is 1. The maximum atomic E-state index is 12.5. The Morgan fingerprint density at radius 1 is 1.27 bits per heavy atom. The summed E-state index contributed by atoms with van der Waals surface area (Å²) in [5.41, 5.74) is 1.91. The molecule has 0 aliphatic rings. The average Bonchev–Trinajstić information content (AvgIpc) is 2.95. The zero-order valence-corrected chi connectivity index (χ0v) is 17.0. The Morgan fingerprint density at radius 3 is 2.65 bits per heavy atom. The van der Waals surface area contributed by atoms with Gasteiger partial charge >= 0.3 is 6.09 Å². The van der Waals surface area contributed by atoms with Crippen LogP contribution in [0.2, 0.25) is 0 Å². The van der Waals surface area contributed by atoms with Crippen molar-refractivity contribution < 1.29 is 9.53 Å². The number of nitrogens with zero attached hydrogens (tertiary/aromatic N) is 4. The van der Waals surface area contributed by atoms with Gasteiger partial charge in [0.15, 0.2) is 5.82 Å². The van der Waals surface area contributed by atoms with Crippen LogP contribution in [-0.4, -0.2) is 33.5 Å². The van der Waals surface area contributed by atoms with Gasteiger partial charge in [0.25, 0.3) is 0 Å². The van der Waals surface area contributed by atoms with Gasteiger partial charge in [-0.05, 0) is 52.0 Å². The first-order chi connectivity index (χ1) is 12.2. The molecule has 26 heavy (non-hydrogen) atoms. The fraction of sp³-hybridized carbons (Fsp3) is 0.316. The van der Waals surface area contributed by atoms with Crippen LogP contribution in [-0.2, 0) is 4.74 Å². The van der Waals surface area contributed by atoms with Crippen molar-refractivity contribution in [2.75, 3.05) is 11.9 Å². The lowest BCUT2D eigenvalue weighted by Crippen LogP contribution is -2.34. The molecule has 0 unspecified atom stereocenters. The van der Waals surface area contributed by atoms with Gasteiger partial charge in [0.05, 0.1) is 17.4 Å². The van der Waals surface area contributed by atoms with E-state index < -0.39 is 11.7 Å². The van der Waals surface area contributed by atoms with E-state index in [9.17, 15) is 4.79 Å². The smallest absolute Gasteiger partial charge is 0.414 e. The van der Waals surface area contributed by atoms with Crippen molar-refractivity contribution in [3.63, 3.8) is 0 Å². The molecule has 1 amide bonds. The molecule has 136 valence electrons. The van der Waals surface area contributed by atoms with Gasteiger partial charge in [0.1, 0.15) is 5.60 Å². The zero-order chi connectivity index (χ0) is 19.1. The molecule has 0 aliphatic carbocycles. The highest BCUT2D eigenvalue weighted by molar-refractivity contribution is 9.10. The number of pyridine rings is 1. The van der Waals surface area contributed by atoms with Crippen LogP contribution in [0.1, 0.15) is 26.5 Å². The second kappa shape index (κ2) is 6.72. The van der Waals surface area contributed by atoms with Crippen molar-refractivity contribution in [1.29, 1.82) is 0 Å². The molecule has 7 heteroatoms. The van der Waals surface area contributed by atoms with E-state index in [0.717, 1.165) is 26.9 Å². The summed E-state index contributed by atoms with van der Waals surface area (Å²) in [5.74, 6) is 0.726. The Kier molecular flexibility index (Phi) is 4.75. The second-order valence-electron chi connectivity index (χ2n) is 7.09. The van der Waals surface area contributed by atoms with Crippen molar-refractivity contribution >= 4 is 38.6 Å². The van der Waals surface area contributed by atoms with Crippen LogP contribution in [0.4, 0.5) is 10.5 Å². The zero-order valence-electron chi connectivity index (χ0n) is 15.4. The van der Waals surface area contributed by atoms with E-state index in [1.807, 2.05) is 58.0 Å². The quantitative estimate of drug-likeness (QED) is 0.598. The second-order valence-corrected chi connectivity index (χ2v) is 8.01. The number of halogens is 1. The Balaban J connectivity index is 2.10. The highest BCUT2D eigenvalue weighted by Crippen LogP contribution is 2.32. The molecule has 0 saturated carbocycles. The third-order valence-corrected chi connectivity index (χ3v) is 4.21. The molecule has 2 heterocycles. The van der Waals surface area contributed by atoms with E-state index in [1.54, 1.807) is 17.9 Å². The molecule has 3 rings (SSSR count). The Labute approximate surface area is 160 Å². The third-order valence-electron chi connectivity index (χ3n) is 3.75. The highest BCUT2D eigenvalue weighted by Gasteiger charge is 2.23. The van der Waals surface area contributed by atoms with Crippen LogP contribution in [0.5, 0.6) is 0 Å². The first-order valence-electron chi connectivity index (χ1n) is 8.24. The molecule has 0 fully saturated rings. The number of hydrogen-bond acceptors (Lipinski definition) is 4. The fourth-order valence-electron chi connectivity index (χ4n) is 2.61. The topological polar surface area (TPSA) is 60.2 Å². The summed E-state index contributed by atoms with van der Waals surface area (Å²) in [6, 6.07) is 9.61. The first-order valence-corrected chi connectivity index (χ1v) is 9.03. The van der Waals surface area contributed by atoms with Gasteiger partial charge in [-0.15, -0.1) is 0 Å². The predicted octanol–water partition coefficient (Wildman–Crippen LogP) is 4.86. The summed E-state index contributed by atoms with van der Waals surface area (Å²) in [5, 5.41) is 5.32. The van der Waals surface area contributed by atoms with Crippen LogP contribution < -0.4 is 4.90 Å². The van der Waals surface area contributed by atoms with E-state index in [4.69, 9.17) is 4.74 Å². The molecule has 1 aromatic carbocycles. The third kappa shape index (κ3) is 3.72. The number of hydrogen-bond donors (Lipinski definition) is 0. The molecule has 0 atom stereocenters. The number of rotatable bonds is 2. The van der Waals surface area contributed by atoms with E-state index >= 15 is 0 Å². The van der Waals surface area contributed by atoms with Crippen LogP contribution in [0.3, 0.4) is 0 Å². The SMILES string of the molecule is Cc1cccc(-n2ncc3c(N(C)C(=O)OC(C)(C)C)cc(Br)cc32)n1. The van der Waals surface area contributed by atoms with E-state index in [2.05, 4.69) is 26.0 Å². The molecule has 6 nitrogen and oxygen atoms in total. The summed E-state index contributed by atoms with van der Waals surface area (Å²) in [6.07, 6.45) is 1.32. The van der Waals surface area contributed by atoms with Crippen molar-refractivity contribution in [3.05, 3.63) is 46.7 Å². The van der Waals surface area contributed by atoms with Crippen molar-refractivity contribution in [3.8, 4) is 5.82 Å². The Hall–Kier alpha value is -2.41. The fourth-order valence-corrected chi connectivity index (χ4v) is 3.04. The minimum atomic E-state index is -0.563. The molecule has 0 N–H and O–H groups in total. The van der Waals surface area contributed by atoms with Gasteiger partial charge in [-0.25, -0.2) is 14.5 Å². The number of ether oxygens (including phenoxy) is 1. The van der Waals surface area contributed by atoms with Crippen LogP contribution >= 0.6 is 15.9 Å². The molecule has 0 spiro atoms. The monoisotopic (exact) mass is 416 g/mol. The van der Waals surface area contributed by atoms with E-state index in [0.29, 0.717) is 5.69 Å². The Bertz CT molecular complexity index is 975. The number of anilines is 1. The molecule has 0 radical (unpaired) electrons. The van der Waals surface area contributed by atoms with Gasteiger partial charge in [0.2, 0.25) is 0 Å². The normalized spacial score (nSPS) is 11.6. The molecular formula is C19H21BrN4O2. The number of carbonyl (C=O) groups excluding carboxylic acids is 1. The lowest BCUT2D eigenvalue weighted by atomic mass is 10.2. The number of carbonyl (C=O) groups is 1. The number of aromatic nitrogens is 3. The summed E-state index contributed by atoms with van der Waals surface area (Å²) in [4.78, 5) is 18.5. The highest BCUT2D eigenvalue weighted by atomic mass is 79.9. The lowest BCUT2D eigenvalue weighted by Gasteiger charge is -2.25. The number of fused-ring (bicyclic) bond motifs is 1. The Morgan fingerprint density at radius 2 is 2.00 bits per heavy atom. The minimum Gasteiger partial charge on any atom is -0.443 e. The van der Waals surface area contributed by atoms with Crippen LogP contribution in [0, 0.1) is 6.92 Å². The maximum Gasteiger partial charge on any atom is 0.414 e. The van der Waals surface area contributed by atoms with Crippen molar-refractivity contribution in [2.24, 2.45) is 0 Å². The summed E-state index contributed by atoms with van der Waals surface area (Å²) in [6.45, 7) is 7.47. The first kappa shape index (κ1) is 18.4. The lowest BCUT2D eigenvalue weighted by molar-refractivity contribution is 0.0590. The van der Waals surface area contributed by atoms with Gasteiger partial charge < -0.3 is 4.74 Å². The van der Waals surface area contributed by atoms with Crippen LogP contribution in [0.25, 0.3) is 16.7 Å². The summed E-state index contributed by atoms with van der Waals surface area (Å²) >= 11 is 3.53. The largest absolute Gasteiger partial charge is 0.443 e. The average molecular weight is 417 g/mol. The van der Waals surface area contributed by atoms with Gasteiger partial charge in [-0.2, -0.15) is 5.10 Å². The maximum absolute atomic E-state index is 12.5. The van der Waals surface area contributed by atoms with Crippen molar-refractivity contribution in [2.45, 2.75) is 33.3 Å². The van der Waals surface area contributed by atoms with Gasteiger partial charge in [-0.1, -0.05) is 22.0 Å². The molecule has 3 aromatic rings. The summed E-state index contributed by atoms with van der Waals surface area (Å²) < 4.78 is 8.08. The minimum absolute atomic E-state index is 0.418. The number of amides is 1. The predicted molar refractivity (Wildman–Crippen MR) is 106 cm³/mol. The van der Waals surface area contributed by atoms with E-state index in [-0.39, 0.29) is 0 Å². The molecular weight excluding hydrogens is 396 g/mol. The van der Waals surface area contributed by atoms with Crippen molar-refractivity contribution in [1.82, 2.24) is 14.8 Å². The molecule has 0 saturated heterocycles. The molecule has 0 bridgehead atoms. The van der Waals surface area contributed by atoms with Crippen LogP contribution in [0.15, 0.2) is 41.0 Å². The van der Waals surface area contributed by atoms with Gasteiger partial charge in [0, 0.05) is 22.6 Å². The summed E-state index contributed by atoms with van der Waals surface area (Å²) in [7, 11) is 1.69. The number of benzene rings is 1.